The van der Waals surface area contributed by atoms with Crippen LogP contribution < -0.4 is 16.6 Å². The minimum Gasteiger partial charge on any atom is -0.347 e. The second-order valence-corrected chi connectivity index (χ2v) is 5.02. The molecule has 4 nitrogen and oxygen atoms in total. The van der Waals surface area contributed by atoms with Crippen LogP contribution in [0.15, 0.2) is 29.6 Å². The molecule has 4 N–H and O–H groups in total. The van der Waals surface area contributed by atoms with Gasteiger partial charge >= 0.3 is 0 Å². The highest BCUT2D eigenvalue weighted by atomic mass is 32.1. The van der Waals surface area contributed by atoms with E-state index in [1.54, 1.807) is 11.3 Å². The lowest BCUT2D eigenvalue weighted by Gasteiger charge is -2.10. The molecule has 0 aliphatic rings. The van der Waals surface area contributed by atoms with E-state index in [1.165, 1.54) is 18.2 Å². The number of carbonyl (C=O) groups excluding carboxylic acids is 1. The lowest BCUT2D eigenvalue weighted by atomic mass is 10.1. The van der Waals surface area contributed by atoms with Crippen LogP contribution in [0.1, 0.15) is 20.8 Å². The first-order chi connectivity index (χ1) is 9.13. The van der Waals surface area contributed by atoms with Gasteiger partial charge in [-0.05, 0) is 36.1 Å². The number of thiophene rings is 1. The molecular weight excluding hydrogens is 265 g/mol. The normalized spacial score (nSPS) is 10.3. The van der Waals surface area contributed by atoms with Gasteiger partial charge in [0, 0.05) is 4.88 Å². The fraction of sp³-hybridized carbons (Fsp3) is 0.154. The third kappa shape index (κ3) is 2.91. The van der Waals surface area contributed by atoms with E-state index in [2.05, 4.69) is 10.7 Å². The summed E-state index contributed by atoms with van der Waals surface area (Å²) >= 11 is 1.57. The maximum Gasteiger partial charge on any atom is 0.253 e. The van der Waals surface area contributed by atoms with Gasteiger partial charge in [0.1, 0.15) is 5.82 Å². The summed E-state index contributed by atoms with van der Waals surface area (Å²) in [5.74, 6) is 4.32. The van der Waals surface area contributed by atoms with Gasteiger partial charge in [-0.3, -0.25) is 10.6 Å². The van der Waals surface area contributed by atoms with Gasteiger partial charge in [-0.15, -0.1) is 11.3 Å². The van der Waals surface area contributed by atoms with E-state index in [-0.39, 0.29) is 17.2 Å². The van der Waals surface area contributed by atoms with Gasteiger partial charge in [0.2, 0.25) is 0 Å². The SMILES string of the molecule is Cc1ccsc1CNC(=O)c1cccc(F)c1NN. The van der Waals surface area contributed by atoms with Crippen LogP contribution in [-0.4, -0.2) is 5.91 Å². The summed E-state index contributed by atoms with van der Waals surface area (Å²) in [5.41, 5.74) is 3.54. The minimum absolute atomic E-state index is 0.00269. The van der Waals surface area contributed by atoms with Gasteiger partial charge in [0.15, 0.2) is 0 Å². The molecule has 6 heteroatoms. The highest BCUT2D eigenvalue weighted by molar-refractivity contribution is 7.10. The number of nitrogen functional groups attached to an aromatic ring is 1. The summed E-state index contributed by atoms with van der Waals surface area (Å²) in [6, 6.07) is 6.23. The maximum atomic E-state index is 13.5. The van der Waals surface area contributed by atoms with E-state index in [4.69, 9.17) is 5.84 Å². The molecule has 0 aliphatic heterocycles. The fourth-order valence-corrected chi connectivity index (χ4v) is 2.55. The molecule has 0 spiro atoms. The van der Waals surface area contributed by atoms with Crippen molar-refractivity contribution < 1.29 is 9.18 Å². The van der Waals surface area contributed by atoms with Crippen LogP contribution in [0.2, 0.25) is 0 Å². The molecule has 19 heavy (non-hydrogen) atoms. The van der Waals surface area contributed by atoms with Crippen LogP contribution in [0.25, 0.3) is 0 Å². The first-order valence-electron chi connectivity index (χ1n) is 5.69. The third-order valence-electron chi connectivity index (χ3n) is 2.78. The summed E-state index contributed by atoms with van der Waals surface area (Å²) in [7, 11) is 0. The van der Waals surface area contributed by atoms with Gasteiger partial charge < -0.3 is 10.7 Å². The number of nitrogens with two attached hydrogens (primary N) is 1. The van der Waals surface area contributed by atoms with Gasteiger partial charge in [0.25, 0.3) is 5.91 Å². The van der Waals surface area contributed by atoms with Crippen molar-refractivity contribution >= 4 is 22.9 Å². The highest BCUT2D eigenvalue weighted by Crippen LogP contribution is 2.19. The fourth-order valence-electron chi connectivity index (χ4n) is 1.70. The lowest BCUT2D eigenvalue weighted by Crippen LogP contribution is -2.25. The maximum absolute atomic E-state index is 13.5. The van der Waals surface area contributed by atoms with Gasteiger partial charge in [-0.2, -0.15) is 0 Å². The van der Waals surface area contributed by atoms with Gasteiger partial charge in [-0.25, -0.2) is 4.39 Å². The Balaban J connectivity index is 2.12. The van der Waals surface area contributed by atoms with E-state index in [0.29, 0.717) is 6.54 Å². The number of hydrogen-bond acceptors (Lipinski definition) is 4. The number of rotatable bonds is 4. The van der Waals surface area contributed by atoms with Crippen molar-refractivity contribution in [3.63, 3.8) is 0 Å². The smallest absolute Gasteiger partial charge is 0.253 e. The molecule has 1 amide bonds. The van der Waals surface area contributed by atoms with Gasteiger partial charge in [0.05, 0.1) is 17.8 Å². The zero-order chi connectivity index (χ0) is 13.8. The summed E-state index contributed by atoms with van der Waals surface area (Å²) in [6.07, 6.45) is 0. The van der Waals surface area contributed by atoms with Crippen LogP contribution in [0, 0.1) is 12.7 Å². The lowest BCUT2D eigenvalue weighted by molar-refractivity contribution is 0.0951. The molecule has 1 aromatic carbocycles. The summed E-state index contributed by atoms with van der Waals surface area (Å²) in [4.78, 5) is 13.1. The molecular formula is C13H14FN3OS. The number of para-hydroxylation sites is 1. The van der Waals surface area contributed by atoms with E-state index in [0.717, 1.165) is 10.4 Å². The van der Waals surface area contributed by atoms with E-state index < -0.39 is 5.82 Å². The Morgan fingerprint density at radius 1 is 1.42 bits per heavy atom. The summed E-state index contributed by atoms with van der Waals surface area (Å²) < 4.78 is 13.5. The van der Waals surface area contributed by atoms with Crippen molar-refractivity contribution in [1.29, 1.82) is 0 Å². The molecule has 2 rings (SSSR count). The van der Waals surface area contributed by atoms with Crippen molar-refractivity contribution in [3.05, 3.63) is 51.5 Å². The molecule has 0 bridgehead atoms. The average molecular weight is 279 g/mol. The molecule has 2 aromatic rings. The van der Waals surface area contributed by atoms with Crippen molar-refractivity contribution in [2.45, 2.75) is 13.5 Å². The van der Waals surface area contributed by atoms with Crippen LogP contribution >= 0.6 is 11.3 Å². The summed E-state index contributed by atoms with van der Waals surface area (Å²) in [5, 5.41) is 4.72. The number of hydrogen-bond donors (Lipinski definition) is 3. The Kier molecular flexibility index (Phi) is 4.13. The van der Waals surface area contributed by atoms with E-state index >= 15 is 0 Å². The van der Waals surface area contributed by atoms with Crippen LogP contribution in [0.4, 0.5) is 10.1 Å². The number of aryl methyl sites for hydroxylation is 1. The highest BCUT2D eigenvalue weighted by Gasteiger charge is 2.14. The van der Waals surface area contributed by atoms with Crippen molar-refractivity contribution in [2.75, 3.05) is 5.43 Å². The molecule has 0 aliphatic carbocycles. The Morgan fingerprint density at radius 2 is 2.21 bits per heavy atom. The Morgan fingerprint density at radius 3 is 2.84 bits per heavy atom. The first-order valence-corrected chi connectivity index (χ1v) is 6.57. The van der Waals surface area contributed by atoms with Crippen molar-refractivity contribution in [2.24, 2.45) is 5.84 Å². The second kappa shape index (κ2) is 5.81. The molecule has 0 atom stereocenters. The number of anilines is 1. The predicted molar refractivity (Wildman–Crippen MR) is 74.4 cm³/mol. The zero-order valence-corrected chi connectivity index (χ0v) is 11.2. The largest absolute Gasteiger partial charge is 0.347 e. The van der Waals surface area contributed by atoms with Crippen molar-refractivity contribution in [1.82, 2.24) is 5.32 Å². The number of halogens is 1. The molecule has 0 saturated heterocycles. The number of nitrogens with one attached hydrogen (secondary N) is 2. The minimum atomic E-state index is -0.553. The van der Waals surface area contributed by atoms with Crippen LogP contribution in [0.3, 0.4) is 0 Å². The number of hydrazine groups is 1. The molecule has 0 saturated carbocycles. The summed E-state index contributed by atoms with van der Waals surface area (Å²) in [6.45, 7) is 2.40. The van der Waals surface area contributed by atoms with Gasteiger partial charge in [-0.1, -0.05) is 6.07 Å². The predicted octanol–water partition coefficient (Wildman–Crippen LogP) is 2.41. The monoisotopic (exact) mass is 279 g/mol. The first kappa shape index (κ1) is 13.5. The Bertz CT molecular complexity index is 597. The average Bonchev–Trinajstić information content (AvgIpc) is 2.81. The van der Waals surface area contributed by atoms with Crippen LogP contribution in [0.5, 0.6) is 0 Å². The number of benzene rings is 1. The molecule has 0 radical (unpaired) electrons. The topological polar surface area (TPSA) is 67.2 Å². The van der Waals surface area contributed by atoms with Crippen LogP contribution in [-0.2, 0) is 6.54 Å². The molecule has 1 heterocycles. The Hall–Kier alpha value is -1.92. The van der Waals surface area contributed by atoms with E-state index in [9.17, 15) is 9.18 Å². The molecule has 100 valence electrons. The molecule has 1 aromatic heterocycles. The number of carbonyl (C=O) groups is 1. The zero-order valence-electron chi connectivity index (χ0n) is 10.4. The molecule has 0 unspecified atom stereocenters. The quantitative estimate of drug-likeness (QED) is 0.595. The van der Waals surface area contributed by atoms with Crippen molar-refractivity contribution in [3.8, 4) is 0 Å². The second-order valence-electron chi connectivity index (χ2n) is 4.02. The Labute approximate surface area is 114 Å². The standard InChI is InChI=1S/C13H14FN3OS/c1-8-5-6-19-11(8)7-16-13(18)9-3-2-4-10(14)12(9)17-15/h2-6,17H,7,15H2,1H3,(H,16,18). The number of amides is 1. The third-order valence-corrected chi connectivity index (χ3v) is 3.80. The van der Waals surface area contributed by atoms with E-state index in [1.807, 2.05) is 18.4 Å². The molecule has 0 fully saturated rings.